The number of benzene rings is 3. The van der Waals surface area contributed by atoms with Crippen molar-refractivity contribution in [1.82, 2.24) is 0 Å². The quantitative estimate of drug-likeness (QED) is 0.211. The van der Waals surface area contributed by atoms with E-state index in [-0.39, 0.29) is 11.5 Å². The number of methoxy groups -OCH3 is 1. The van der Waals surface area contributed by atoms with Crippen LogP contribution < -0.4 is 4.74 Å². The van der Waals surface area contributed by atoms with Gasteiger partial charge in [0.2, 0.25) is 0 Å². The molecule has 0 amide bonds. The van der Waals surface area contributed by atoms with Gasteiger partial charge in [-0.15, -0.1) is 0 Å². The number of hydrogen-bond acceptors (Lipinski definition) is 5. The average molecular weight is 577 g/mol. The van der Waals surface area contributed by atoms with E-state index in [1.165, 1.54) is 0 Å². The Bertz CT molecular complexity index is 1230. The number of para-hydroxylation sites is 1. The summed E-state index contributed by atoms with van der Waals surface area (Å²) in [6.45, 7) is 10.0. The van der Waals surface area contributed by atoms with Crippen molar-refractivity contribution < 1.29 is 32.0 Å². The summed E-state index contributed by atoms with van der Waals surface area (Å²) in [5, 5.41) is 21.2. The fourth-order valence-corrected chi connectivity index (χ4v) is 4.11. The van der Waals surface area contributed by atoms with E-state index in [1.54, 1.807) is 25.6 Å². The molecule has 3 aromatic carbocycles. The van der Waals surface area contributed by atoms with Crippen LogP contribution in [0.25, 0.3) is 11.1 Å². The number of rotatable bonds is 8. The van der Waals surface area contributed by atoms with Crippen LogP contribution in [0.5, 0.6) is 17.2 Å². The van der Waals surface area contributed by atoms with Crippen molar-refractivity contribution in [2.24, 2.45) is 9.98 Å². The molecule has 0 aliphatic carbocycles. The third-order valence-corrected chi connectivity index (χ3v) is 5.67. The molecule has 0 saturated carbocycles. The van der Waals surface area contributed by atoms with E-state index < -0.39 is 28.1 Å². The normalized spacial score (nSPS) is 11.9. The van der Waals surface area contributed by atoms with Gasteiger partial charge >= 0.3 is 35.6 Å². The average Bonchev–Trinajstić information content (AvgIpc) is 2.85. The number of halogens is 2. The van der Waals surface area contributed by atoms with Gasteiger partial charge in [-0.3, -0.25) is 9.98 Å². The molecule has 37 heavy (non-hydrogen) atoms. The molecule has 5 nitrogen and oxygen atoms in total. The Morgan fingerprint density at radius 3 is 1.97 bits per heavy atom. The zero-order valence-electron chi connectivity index (χ0n) is 22.1. The van der Waals surface area contributed by atoms with E-state index >= 15 is 0 Å². The molecule has 0 aliphatic heterocycles. The first-order chi connectivity index (χ1) is 17.4. The van der Waals surface area contributed by atoms with Crippen molar-refractivity contribution in [3.05, 3.63) is 77.4 Å². The topological polar surface area (TPSA) is 74.4 Å². The molecule has 196 valence electrons. The van der Waals surface area contributed by atoms with Gasteiger partial charge in [0, 0.05) is 29.1 Å². The van der Waals surface area contributed by atoms with Gasteiger partial charge in [-0.1, -0.05) is 42.5 Å². The van der Waals surface area contributed by atoms with Crippen molar-refractivity contribution in [2.75, 3.05) is 7.11 Å². The molecule has 0 saturated heterocycles. The summed E-state index contributed by atoms with van der Waals surface area (Å²) in [5.41, 5.74) is 2.85. The van der Waals surface area contributed by atoms with E-state index in [4.69, 9.17) is 33.3 Å². The van der Waals surface area contributed by atoms with E-state index in [0.717, 1.165) is 11.1 Å². The van der Waals surface area contributed by atoms with Crippen LogP contribution in [0.1, 0.15) is 50.8 Å². The van der Waals surface area contributed by atoms with Crippen LogP contribution in [0, 0.1) is 6.92 Å². The molecule has 2 N–H and O–H groups in total. The van der Waals surface area contributed by atoms with E-state index in [0.29, 0.717) is 28.9 Å². The van der Waals surface area contributed by atoms with E-state index in [2.05, 4.69) is 0 Å². The minimum atomic E-state index is -0.556. The second-order valence-electron chi connectivity index (χ2n) is 9.88. The molecule has 3 rings (SSSR count). The van der Waals surface area contributed by atoms with Crippen LogP contribution in [-0.4, -0.2) is 40.8 Å². The first-order valence-electron chi connectivity index (χ1n) is 11.7. The number of phenolic OH excluding ortho intramolecular Hbond substituents is 2. The second kappa shape index (κ2) is 14.0. The molecular weight excluding hydrogens is 543 g/mol. The second-order valence-corrected chi connectivity index (χ2v) is 12.5. The fourth-order valence-electron chi connectivity index (χ4n) is 4.11. The zero-order valence-corrected chi connectivity index (χ0v) is 25.2. The van der Waals surface area contributed by atoms with Crippen molar-refractivity contribution in [1.29, 1.82) is 0 Å². The third kappa shape index (κ3) is 9.50. The zero-order chi connectivity index (χ0) is 27.6. The van der Waals surface area contributed by atoms with Gasteiger partial charge in [0.25, 0.3) is 0 Å². The molecular formula is C29H34Cl2N2O3Ti. The van der Waals surface area contributed by atoms with Gasteiger partial charge < -0.3 is 14.9 Å². The molecule has 0 aliphatic rings. The molecule has 0 spiro atoms. The predicted molar refractivity (Wildman–Crippen MR) is 153 cm³/mol. The van der Waals surface area contributed by atoms with Gasteiger partial charge in [-0.25, -0.2) is 0 Å². The standard InChI is InChI=1S/C29H34N2O3.2ClH.Ti/c1-20-11-10-14-22(26(20)32)17-30-28(2,3)19-29(4,5)31-18-23-15-24(34-6)16-25(27(23)33)21-12-8-7-9-13-21;;;/h7-18,32-33H,19H2,1-6H3;2*1H;/q;;;+2/p-2. The van der Waals surface area contributed by atoms with Gasteiger partial charge in [0.15, 0.2) is 0 Å². The fraction of sp³-hybridized carbons (Fsp3) is 0.310. The predicted octanol–water partition coefficient (Wildman–Crippen LogP) is 7.94. The van der Waals surface area contributed by atoms with Crippen LogP contribution in [0.15, 0.2) is 70.6 Å². The molecule has 0 heterocycles. The first-order valence-corrected chi connectivity index (χ1v) is 16.0. The van der Waals surface area contributed by atoms with Gasteiger partial charge in [-0.2, -0.15) is 0 Å². The summed E-state index contributed by atoms with van der Waals surface area (Å²) in [6.07, 6.45) is 4.09. The van der Waals surface area contributed by atoms with Crippen molar-refractivity contribution in [2.45, 2.75) is 52.1 Å². The van der Waals surface area contributed by atoms with E-state index in [9.17, 15) is 10.2 Å². The summed E-state index contributed by atoms with van der Waals surface area (Å²) in [6, 6.07) is 18.9. The number of aromatic hydroxyl groups is 2. The maximum absolute atomic E-state index is 11.0. The number of aliphatic imine (C=N–C) groups is 2. The monoisotopic (exact) mass is 576 g/mol. The molecule has 3 aromatic rings. The van der Waals surface area contributed by atoms with Crippen LogP contribution in [0.3, 0.4) is 0 Å². The van der Waals surface area contributed by atoms with Crippen LogP contribution >= 0.6 is 18.6 Å². The van der Waals surface area contributed by atoms with Crippen molar-refractivity contribution in [3.63, 3.8) is 0 Å². The Kier molecular flexibility index (Phi) is 11.7. The van der Waals surface area contributed by atoms with Crippen molar-refractivity contribution >= 4 is 31.0 Å². The molecule has 8 heteroatoms. The maximum atomic E-state index is 11.0. The molecule has 0 fully saturated rings. The third-order valence-electron chi connectivity index (χ3n) is 5.67. The van der Waals surface area contributed by atoms with Gasteiger partial charge in [0.05, 0.1) is 18.2 Å². The summed E-state index contributed by atoms with van der Waals surface area (Å²) in [4.78, 5) is 9.54. The van der Waals surface area contributed by atoms with Crippen LogP contribution in [0.4, 0.5) is 0 Å². The first kappa shape index (κ1) is 30.9. The Labute approximate surface area is 236 Å². The molecule has 0 bridgehead atoms. The minimum absolute atomic E-state index is 0.166. The number of aryl methyl sites for hydroxylation is 1. The summed E-state index contributed by atoms with van der Waals surface area (Å²) >= 11 is -0.556. The summed E-state index contributed by atoms with van der Waals surface area (Å²) in [5.74, 6) is 1.07. The van der Waals surface area contributed by atoms with Gasteiger partial charge in [0.1, 0.15) is 17.2 Å². The number of phenols is 2. The summed E-state index contributed by atoms with van der Waals surface area (Å²) < 4.78 is 5.46. The Morgan fingerprint density at radius 2 is 1.41 bits per heavy atom. The SMILES string of the molecule is COc1cc(C=NC(C)(C)CC(C)(C)N=Cc2cccc(C)c2O)c(O)c(-c2ccccc2)c1.[Cl][Ti][Cl]. The van der Waals surface area contributed by atoms with Crippen LogP contribution in [-0.2, 0) is 17.0 Å². The Hall–Kier alpha value is -2.31. The molecule has 0 aromatic heterocycles. The Balaban J connectivity index is 0.00000153. The Morgan fingerprint density at radius 1 is 0.838 bits per heavy atom. The summed E-state index contributed by atoms with van der Waals surface area (Å²) in [7, 11) is 11.4. The number of ether oxygens (including phenoxy) is 1. The van der Waals surface area contributed by atoms with E-state index in [1.807, 2.05) is 89.2 Å². The number of hydrogen-bond donors (Lipinski definition) is 2. The molecule has 0 radical (unpaired) electrons. The molecule has 0 atom stereocenters. The van der Waals surface area contributed by atoms with Crippen molar-refractivity contribution in [3.8, 4) is 28.4 Å². The van der Waals surface area contributed by atoms with Gasteiger partial charge in [-0.05, 0) is 70.4 Å². The van der Waals surface area contributed by atoms with Crippen LogP contribution in [0.2, 0.25) is 0 Å². The molecule has 0 unspecified atom stereocenters. The number of nitrogens with zero attached hydrogens (tertiary/aromatic N) is 2.